The highest BCUT2D eigenvalue weighted by Crippen LogP contribution is 2.22. The van der Waals surface area contributed by atoms with Gasteiger partial charge in [-0.05, 0) is 49.3 Å². The zero-order chi connectivity index (χ0) is 17.5. The summed E-state index contributed by atoms with van der Waals surface area (Å²) in [6, 6.07) is 13.8. The van der Waals surface area contributed by atoms with Gasteiger partial charge in [0.05, 0.1) is 12.8 Å². The van der Waals surface area contributed by atoms with E-state index in [2.05, 4.69) is 29.6 Å². The number of amides is 2. The average molecular weight is 340 g/mol. The molecule has 5 heteroatoms. The number of nitrogens with one attached hydrogen (secondary N) is 1. The van der Waals surface area contributed by atoms with Crippen LogP contribution in [0.4, 0.5) is 0 Å². The molecule has 132 valence electrons. The largest absolute Gasteiger partial charge is 0.459 e. The smallest absolute Gasteiger partial charge is 0.287 e. The van der Waals surface area contributed by atoms with E-state index >= 15 is 0 Å². The van der Waals surface area contributed by atoms with Crippen molar-refractivity contribution >= 4 is 11.8 Å². The van der Waals surface area contributed by atoms with Crippen LogP contribution in [0, 0.1) is 5.92 Å². The van der Waals surface area contributed by atoms with Crippen LogP contribution in [-0.4, -0.2) is 36.3 Å². The van der Waals surface area contributed by atoms with Crippen LogP contribution in [0.5, 0.6) is 0 Å². The normalized spacial score (nSPS) is 15.1. The van der Waals surface area contributed by atoms with Gasteiger partial charge in [0.1, 0.15) is 0 Å². The lowest BCUT2D eigenvalue weighted by Crippen LogP contribution is -2.44. The third-order valence-corrected chi connectivity index (χ3v) is 4.80. The Bertz CT molecular complexity index is 674. The first-order valence-electron chi connectivity index (χ1n) is 8.86. The number of nitrogens with zero attached hydrogens (tertiary/aromatic N) is 1. The number of piperidine rings is 1. The van der Waals surface area contributed by atoms with E-state index < -0.39 is 0 Å². The molecule has 1 saturated heterocycles. The molecule has 0 bridgehead atoms. The molecule has 1 fully saturated rings. The molecule has 2 amide bonds. The third-order valence-electron chi connectivity index (χ3n) is 4.80. The fourth-order valence-electron chi connectivity index (χ4n) is 3.25. The molecular formula is C20H24N2O3. The number of carbonyl (C=O) groups excluding carboxylic acids is 2. The molecule has 2 heterocycles. The van der Waals surface area contributed by atoms with Crippen LogP contribution in [0.2, 0.25) is 0 Å². The van der Waals surface area contributed by atoms with E-state index in [1.807, 2.05) is 11.0 Å². The molecule has 0 aliphatic carbocycles. The summed E-state index contributed by atoms with van der Waals surface area (Å²) in [5.74, 6) is 0.520. The van der Waals surface area contributed by atoms with Crippen LogP contribution >= 0.6 is 0 Å². The first-order valence-corrected chi connectivity index (χ1v) is 8.86. The highest BCUT2D eigenvalue weighted by Gasteiger charge is 2.23. The first-order chi connectivity index (χ1) is 12.2. The van der Waals surface area contributed by atoms with E-state index in [9.17, 15) is 9.59 Å². The van der Waals surface area contributed by atoms with E-state index in [1.165, 1.54) is 18.2 Å². The third kappa shape index (κ3) is 4.95. The predicted molar refractivity (Wildman–Crippen MR) is 95.1 cm³/mol. The highest BCUT2D eigenvalue weighted by molar-refractivity contribution is 5.94. The van der Waals surface area contributed by atoms with Gasteiger partial charge in [0.2, 0.25) is 5.91 Å². The molecule has 0 unspecified atom stereocenters. The van der Waals surface area contributed by atoms with Crippen molar-refractivity contribution < 1.29 is 14.0 Å². The van der Waals surface area contributed by atoms with Gasteiger partial charge in [0.25, 0.3) is 5.91 Å². The van der Waals surface area contributed by atoms with Crippen LogP contribution in [0.25, 0.3) is 0 Å². The van der Waals surface area contributed by atoms with Crippen molar-refractivity contribution in [2.24, 2.45) is 5.92 Å². The quantitative estimate of drug-likeness (QED) is 0.879. The van der Waals surface area contributed by atoms with Crippen molar-refractivity contribution in [3.05, 3.63) is 60.1 Å². The lowest BCUT2D eigenvalue weighted by atomic mass is 9.90. The predicted octanol–water partition coefficient (Wildman–Crippen LogP) is 2.88. The summed E-state index contributed by atoms with van der Waals surface area (Å²) < 4.78 is 5.01. The first kappa shape index (κ1) is 17.3. The minimum absolute atomic E-state index is 0.0220. The minimum Gasteiger partial charge on any atom is -0.459 e. The lowest BCUT2D eigenvalue weighted by molar-refractivity contribution is -0.131. The monoisotopic (exact) mass is 340 g/mol. The second-order valence-corrected chi connectivity index (χ2v) is 6.51. The number of furan rings is 1. The summed E-state index contributed by atoms with van der Waals surface area (Å²) in [6.45, 7) is 1.57. The number of benzene rings is 1. The van der Waals surface area contributed by atoms with E-state index in [1.54, 1.807) is 12.1 Å². The van der Waals surface area contributed by atoms with Gasteiger partial charge in [0, 0.05) is 13.1 Å². The molecular weight excluding hydrogens is 316 g/mol. The Kier molecular flexibility index (Phi) is 5.88. The zero-order valence-electron chi connectivity index (χ0n) is 14.3. The van der Waals surface area contributed by atoms with Gasteiger partial charge in [-0.25, -0.2) is 0 Å². The molecule has 2 aromatic rings. The van der Waals surface area contributed by atoms with Crippen LogP contribution in [0.1, 0.15) is 35.4 Å². The molecule has 1 N–H and O–H groups in total. The van der Waals surface area contributed by atoms with E-state index in [4.69, 9.17) is 4.42 Å². The summed E-state index contributed by atoms with van der Waals surface area (Å²) in [6.07, 6.45) is 5.77. The molecule has 0 saturated carbocycles. The topological polar surface area (TPSA) is 62.6 Å². The Labute approximate surface area is 148 Å². The zero-order valence-corrected chi connectivity index (χ0v) is 14.3. The Morgan fingerprint density at radius 1 is 1.08 bits per heavy atom. The van der Waals surface area contributed by atoms with Gasteiger partial charge in [-0.15, -0.1) is 0 Å². The van der Waals surface area contributed by atoms with Crippen LogP contribution < -0.4 is 5.32 Å². The standard InChI is InChI=1S/C20H24N2O3/c23-19(15-21-20(24)18-7-4-14-25-18)22-12-10-17(11-13-22)9-8-16-5-2-1-3-6-16/h1-7,14,17H,8-13,15H2,(H,21,24). The molecule has 0 spiro atoms. The maximum Gasteiger partial charge on any atom is 0.287 e. The van der Waals surface area contributed by atoms with Gasteiger partial charge in [-0.3, -0.25) is 9.59 Å². The molecule has 1 aromatic carbocycles. The number of rotatable bonds is 6. The molecule has 1 aliphatic rings. The highest BCUT2D eigenvalue weighted by atomic mass is 16.3. The van der Waals surface area contributed by atoms with Crippen molar-refractivity contribution in [3.8, 4) is 0 Å². The second-order valence-electron chi connectivity index (χ2n) is 6.51. The maximum absolute atomic E-state index is 12.2. The van der Waals surface area contributed by atoms with Crippen LogP contribution in [0.3, 0.4) is 0 Å². The number of aryl methyl sites for hydroxylation is 1. The van der Waals surface area contributed by atoms with Gasteiger partial charge in [-0.1, -0.05) is 30.3 Å². The number of carbonyl (C=O) groups is 2. The minimum atomic E-state index is -0.351. The van der Waals surface area contributed by atoms with Crippen molar-refractivity contribution in [2.75, 3.05) is 19.6 Å². The summed E-state index contributed by atoms with van der Waals surface area (Å²) in [5, 5.41) is 2.62. The van der Waals surface area contributed by atoms with Crippen LogP contribution in [0.15, 0.2) is 53.1 Å². The molecule has 0 atom stereocenters. The molecule has 3 rings (SSSR count). The molecule has 1 aliphatic heterocycles. The molecule has 1 aromatic heterocycles. The van der Waals surface area contributed by atoms with Gasteiger partial charge in [0.15, 0.2) is 5.76 Å². The van der Waals surface area contributed by atoms with E-state index in [0.717, 1.165) is 32.4 Å². The Morgan fingerprint density at radius 3 is 2.52 bits per heavy atom. The van der Waals surface area contributed by atoms with Crippen molar-refractivity contribution in [2.45, 2.75) is 25.7 Å². The van der Waals surface area contributed by atoms with E-state index in [-0.39, 0.29) is 24.1 Å². The fourth-order valence-corrected chi connectivity index (χ4v) is 3.25. The molecule has 5 nitrogen and oxygen atoms in total. The van der Waals surface area contributed by atoms with Crippen molar-refractivity contribution in [1.82, 2.24) is 10.2 Å². The lowest BCUT2D eigenvalue weighted by Gasteiger charge is -2.32. The van der Waals surface area contributed by atoms with Crippen molar-refractivity contribution in [3.63, 3.8) is 0 Å². The summed E-state index contributed by atoms with van der Waals surface area (Å²) in [7, 11) is 0. The second kappa shape index (κ2) is 8.51. The Morgan fingerprint density at radius 2 is 1.84 bits per heavy atom. The van der Waals surface area contributed by atoms with Gasteiger partial charge >= 0.3 is 0 Å². The van der Waals surface area contributed by atoms with Crippen molar-refractivity contribution in [1.29, 1.82) is 0 Å². The van der Waals surface area contributed by atoms with Gasteiger partial charge < -0.3 is 14.6 Å². The van der Waals surface area contributed by atoms with Gasteiger partial charge in [-0.2, -0.15) is 0 Å². The van der Waals surface area contributed by atoms with Crippen LogP contribution in [-0.2, 0) is 11.2 Å². The SMILES string of the molecule is O=C(NCC(=O)N1CCC(CCc2ccccc2)CC1)c1ccco1. The number of hydrogen-bond donors (Lipinski definition) is 1. The van der Waals surface area contributed by atoms with E-state index in [0.29, 0.717) is 5.92 Å². The number of hydrogen-bond acceptors (Lipinski definition) is 3. The Hall–Kier alpha value is -2.56. The molecule has 25 heavy (non-hydrogen) atoms. The Balaban J connectivity index is 1.36. The summed E-state index contributed by atoms with van der Waals surface area (Å²) in [5.41, 5.74) is 1.38. The summed E-state index contributed by atoms with van der Waals surface area (Å²) in [4.78, 5) is 25.9. The molecule has 0 radical (unpaired) electrons. The number of likely N-dealkylation sites (tertiary alicyclic amines) is 1. The maximum atomic E-state index is 12.2. The fraction of sp³-hybridized carbons (Fsp3) is 0.400. The average Bonchev–Trinajstić information content (AvgIpc) is 3.20. The summed E-state index contributed by atoms with van der Waals surface area (Å²) >= 11 is 0.